The molecule has 0 atom stereocenters. The molecule has 0 saturated heterocycles. The van der Waals surface area contributed by atoms with E-state index in [9.17, 15) is 9.90 Å². The fraction of sp³-hybridized carbons (Fsp3) is 0.125. The first-order valence-electron chi connectivity index (χ1n) is 9.90. The highest BCUT2D eigenvalue weighted by atomic mass is 16.5. The SMILES string of the molecule is CCOc1ccc(-c2n[nH]c(C(=O)NN=Cc3c(O)ccc4ccccc34)c2C)cc1. The van der Waals surface area contributed by atoms with Crippen molar-refractivity contribution in [3.05, 3.63) is 77.5 Å². The number of amides is 1. The highest BCUT2D eigenvalue weighted by Gasteiger charge is 2.17. The summed E-state index contributed by atoms with van der Waals surface area (Å²) in [6.45, 7) is 4.35. The standard InChI is InChI=1S/C24H22N4O3/c1-3-31-18-11-8-17(9-12-18)22-15(2)23(27-26-22)24(30)28-25-14-20-19-7-5-4-6-16(19)10-13-21(20)29/h4-14,29H,3H2,1-2H3,(H,26,27)(H,28,30). The van der Waals surface area contributed by atoms with Gasteiger partial charge < -0.3 is 9.84 Å². The summed E-state index contributed by atoms with van der Waals surface area (Å²) >= 11 is 0. The second-order valence-electron chi connectivity index (χ2n) is 6.95. The molecule has 4 rings (SSSR count). The van der Waals surface area contributed by atoms with Crippen molar-refractivity contribution >= 4 is 22.9 Å². The second-order valence-corrected chi connectivity index (χ2v) is 6.95. The number of phenolic OH excluding ortho intramolecular Hbond substituents is 1. The number of fused-ring (bicyclic) bond motifs is 1. The van der Waals surface area contributed by atoms with Crippen LogP contribution >= 0.6 is 0 Å². The number of hydrogen-bond acceptors (Lipinski definition) is 5. The number of H-pyrrole nitrogens is 1. The molecule has 7 nitrogen and oxygen atoms in total. The summed E-state index contributed by atoms with van der Waals surface area (Å²) in [5.41, 5.74) is 5.63. The number of hydrogen-bond donors (Lipinski definition) is 3. The van der Waals surface area contributed by atoms with Crippen molar-refractivity contribution in [2.45, 2.75) is 13.8 Å². The van der Waals surface area contributed by atoms with E-state index in [-0.39, 0.29) is 5.75 Å². The summed E-state index contributed by atoms with van der Waals surface area (Å²) in [6.07, 6.45) is 1.44. The molecule has 156 valence electrons. The molecule has 3 N–H and O–H groups in total. The lowest BCUT2D eigenvalue weighted by Crippen LogP contribution is -2.19. The molecule has 1 amide bonds. The Balaban J connectivity index is 1.52. The van der Waals surface area contributed by atoms with Gasteiger partial charge >= 0.3 is 0 Å². The molecule has 4 aromatic rings. The van der Waals surface area contributed by atoms with Crippen molar-refractivity contribution in [1.82, 2.24) is 15.6 Å². The van der Waals surface area contributed by atoms with Crippen LogP contribution in [-0.4, -0.2) is 34.0 Å². The van der Waals surface area contributed by atoms with Crippen molar-refractivity contribution in [3.8, 4) is 22.8 Å². The lowest BCUT2D eigenvalue weighted by molar-refractivity contribution is 0.0949. The zero-order valence-corrected chi connectivity index (χ0v) is 17.2. The van der Waals surface area contributed by atoms with Crippen LogP contribution in [0, 0.1) is 6.92 Å². The van der Waals surface area contributed by atoms with Gasteiger partial charge in [-0.2, -0.15) is 10.2 Å². The maximum atomic E-state index is 12.6. The number of aromatic hydroxyl groups is 1. The van der Waals surface area contributed by atoms with Gasteiger partial charge in [-0.15, -0.1) is 0 Å². The van der Waals surface area contributed by atoms with Crippen LogP contribution in [0.15, 0.2) is 65.8 Å². The first-order valence-corrected chi connectivity index (χ1v) is 9.90. The predicted octanol–water partition coefficient (Wildman–Crippen LogP) is 4.41. The largest absolute Gasteiger partial charge is 0.507 e. The Labute approximate surface area is 179 Å². The zero-order chi connectivity index (χ0) is 21.8. The van der Waals surface area contributed by atoms with Crippen molar-refractivity contribution in [2.24, 2.45) is 5.10 Å². The Kier molecular flexibility index (Phi) is 5.66. The minimum absolute atomic E-state index is 0.0900. The Morgan fingerprint density at radius 1 is 1.16 bits per heavy atom. The number of hydrazone groups is 1. The van der Waals surface area contributed by atoms with E-state index in [4.69, 9.17) is 4.74 Å². The zero-order valence-electron chi connectivity index (χ0n) is 17.2. The van der Waals surface area contributed by atoms with Crippen LogP contribution in [0.3, 0.4) is 0 Å². The number of nitrogens with one attached hydrogen (secondary N) is 2. The quantitative estimate of drug-likeness (QED) is 0.321. The van der Waals surface area contributed by atoms with E-state index in [1.807, 2.05) is 68.4 Å². The van der Waals surface area contributed by atoms with Crippen LogP contribution in [0.25, 0.3) is 22.0 Å². The van der Waals surface area contributed by atoms with Crippen LogP contribution in [0.4, 0.5) is 0 Å². The molecule has 0 spiro atoms. The fourth-order valence-electron chi connectivity index (χ4n) is 3.41. The number of benzene rings is 3. The fourth-order valence-corrected chi connectivity index (χ4v) is 3.41. The van der Waals surface area contributed by atoms with E-state index in [2.05, 4.69) is 20.7 Å². The number of aromatic amines is 1. The van der Waals surface area contributed by atoms with E-state index in [1.54, 1.807) is 6.07 Å². The van der Waals surface area contributed by atoms with Gasteiger partial charge in [0.1, 0.15) is 17.2 Å². The summed E-state index contributed by atoms with van der Waals surface area (Å²) in [5.74, 6) is 0.453. The molecule has 0 aliphatic carbocycles. The molecule has 0 aliphatic heterocycles. The summed E-state index contributed by atoms with van der Waals surface area (Å²) in [7, 11) is 0. The molecule has 0 saturated carbocycles. The van der Waals surface area contributed by atoms with Crippen molar-refractivity contribution in [3.63, 3.8) is 0 Å². The Morgan fingerprint density at radius 2 is 1.94 bits per heavy atom. The first kappa shape index (κ1) is 20.2. The molecule has 0 bridgehead atoms. The molecule has 31 heavy (non-hydrogen) atoms. The van der Waals surface area contributed by atoms with Crippen LogP contribution in [0.2, 0.25) is 0 Å². The van der Waals surface area contributed by atoms with Gasteiger partial charge in [-0.3, -0.25) is 9.89 Å². The predicted molar refractivity (Wildman–Crippen MR) is 121 cm³/mol. The topological polar surface area (TPSA) is 99.6 Å². The van der Waals surface area contributed by atoms with Crippen molar-refractivity contribution < 1.29 is 14.6 Å². The van der Waals surface area contributed by atoms with Crippen molar-refractivity contribution in [2.75, 3.05) is 6.61 Å². The third-order valence-corrected chi connectivity index (χ3v) is 4.98. The van der Waals surface area contributed by atoms with Gasteiger partial charge in [0.15, 0.2) is 0 Å². The number of aromatic nitrogens is 2. The number of rotatable bonds is 6. The molecule has 0 unspecified atom stereocenters. The molecule has 0 radical (unpaired) electrons. The highest BCUT2D eigenvalue weighted by Crippen LogP contribution is 2.26. The summed E-state index contributed by atoms with van der Waals surface area (Å²) < 4.78 is 5.46. The normalized spacial score (nSPS) is 11.2. The maximum absolute atomic E-state index is 12.6. The summed E-state index contributed by atoms with van der Waals surface area (Å²) in [4.78, 5) is 12.6. The van der Waals surface area contributed by atoms with E-state index < -0.39 is 5.91 Å². The number of phenols is 1. The van der Waals surface area contributed by atoms with Crippen LogP contribution in [-0.2, 0) is 0 Å². The molecule has 3 aromatic carbocycles. The molecular weight excluding hydrogens is 392 g/mol. The summed E-state index contributed by atoms with van der Waals surface area (Å²) in [5, 5.41) is 23.1. The van der Waals surface area contributed by atoms with Crippen molar-refractivity contribution in [1.29, 1.82) is 0 Å². The Morgan fingerprint density at radius 3 is 2.71 bits per heavy atom. The molecule has 0 aliphatic rings. The Hall–Kier alpha value is -4.13. The van der Waals surface area contributed by atoms with Gasteiger partial charge in [0.2, 0.25) is 0 Å². The molecule has 1 aromatic heterocycles. The van der Waals surface area contributed by atoms with Gasteiger partial charge in [0, 0.05) is 16.7 Å². The van der Waals surface area contributed by atoms with Gasteiger partial charge in [0.05, 0.1) is 18.5 Å². The Bertz CT molecular complexity index is 1260. The third kappa shape index (κ3) is 4.11. The van der Waals surface area contributed by atoms with Gasteiger partial charge in [-0.1, -0.05) is 30.3 Å². The minimum atomic E-state index is -0.418. The number of ether oxygens (including phenoxy) is 1. The van der Waals surface area contributed by atoms with E-state index >= 15 is 0 Å². The van der Waals surface area contributed by atoms with E-state index in [1.165, 1.54) is 6.21 Å². The van der Waals surface area contributed by atoms with Gasteiger partial charge in [0.25, 0.3) is 5.91 Å². The lowest BCUT2D eigenvalue weighted by atomic mass is 10.0. The maximum Gasteiger partial charge on any atom is 0.289 e. The number of carbonyl (C=O) groups excluding carboxylic acids is 1. The first-order chi connectivity index (χ1) is 15.1. The molecule has 7 heteroatoms. The van der Waals surface area contributed by atoms with E-state index in [0.717, 1.165) is 22.1 Å². The lowest BCUT2D eigenvalue weighted by Gasteiger charge is -2.05. The highest BCUT2D eigenvalue weighted by molar-refractivity contribution is 6.03. The van der Waals surface area contributed by atoms with Crippen LogP contribution in [0.1, 0.15) is 28.5 Å². The van der Waals surface area contributed by atoms with E-state index in [0.29, 0.717) is 29.1 Å². The van der Waals surface area contributed by atoms with Crippen LogP contribution in [0.5, 0.6) is 11.5 Å². The molecule has 0 fully saturated rings. The van der Waals surface area contributed by atoms with Gasteiger partial charge in [-0.25, -0.2) is 5.43 Å². The average molecular weight is 414 g/mol. The molecular formula is C24H22N4O3. The number of nitrogens with zero attached hydrogens (tertiary/aromatic N) is 2. The average Bonchev–Trinajstić information content (AvgIpc) is 3.17. The number of carbonyl (C=O) groups is 1. The smallest absolute Gasteiger partial charge is 0.289 e. The van der Waals surface area contributed by atoms with Gasteiger partial charge in [-0.05, 0) is 55.0 Å². The summed E-state index contributed by atoms with van der Waals surface area (Å²) in [6, 6.07) is 18.6. The third-order valence-electron chi connectivity index (χ3n) is 4.98. The molecule has 1 heterocycles. The minimum Gasteiger partial charge on any atom is -0.507 e. The van der Waals surface area contributed by atoms with Crippen LogP contribution < -0.4 is 10.2 Å². The second kappa shape index (κ2) is 8.71. The monoisotopic (exact) mass is 414 g/mol.